The molecule has 1 saturated heterocycles. The van der Waals surface area contributed by atoms with Crippen molar-refractivity contribution in [3.8, 4) is 0 Å². The third-order valence-electron chi connectivity index (χ3n) is 6.48. The van der Waals surface area contributed by atoms with Crippen LogP contribution in [0.5, 0.6) is 0 Å². The van der Waals surface area contributed by atoms with E-state index in [-0.39, 0.29) is 23.2 Å². The fourth-order valence-electron chi connectivity index (χ4n) is 4.24. The first-order valence-corrected chi connectivity index (χ1v) is 12.6. The summed E-state index contributed by atoms with van der Waals surface area (Å²) in [6.45, 7) is 0.753. The van der Waals surface area contributed by atoms with Crippen LogP contribution in [0, 0.1) is 5.41 Å². The molecule has 1 aliphatic heterocycles. The summed E-state index contributed by atoms with van der Waals surface area (Å²) < 4.78 is 40.2. The molecule has 32 heavy (non-hydrogen) atoms. The number of urea groups is 1. The average Bonchev–Trinajstić information content (AvgIpc) is 3.47. The van der Waals surface area contributed by atoms with Gasteiger partial charge in [0.25, 0.3) is 0 Å². The molecule has 2 fully saturated rings. The van der Waals surface area contributed by atoms with E-state index in [1.807, 2.05) is 0 Å². The highest BCUT2D eigenvalue weighted by Gasteiger charge is 2.43. The number of aliphatic hydroxyl groups is 1. The maximum Gasteiger partial charge on any atom is 0.325 e. The van der Waals surface area contributed by atoms with E-state index in [0.717, 1.165) is 25.3 Å². The van der Waals surface area contributed by atoms with Crippen molar-refractivity contribution in [3.05, 3.63) is 48.0 Å². The lowest BCUT2D eigenvalue weighted by Gasteiger charge is -2.24. The van der Waals surface area contributed by atoms with Crippen molar-refractivity contribution >= 4 is 13.6 Å². The van der Waals surface area contributed by atoms with Gasteiger partial charge in [-0.25, -0.2) is 4.79 Å². The summed E-state index contributed by atoms with van der Waals surface area (Å²) in [4.78, 5) is 33.8. The Kier molecular flexibility index (Phi) is 7.44. The van der Waals surface area contributed by atoms with E-state index in [4.69, 9.17) is 9.79 Å². The predicted molar refractivity (Wildman–Crippen MR) is 116 cm³/mol. The van der Waals surface area contributed by atoms with Gasteiger partial charge < -0.3 is 24.7 Å². The molecule has 2 aliphatic rings. The Balaban J connectivity index is 1.57. The van der Waals surface area contributed by atoms with Crippen LogP contribution in [0.15, 0.2) is 42.5 Å². The van der Waals surface area contributed by atoms with Crippen molar-refractivity contribution in [2.45, 2.75) is 50.2 Å². The lowest BCUT2D eigenvalue weighted by molar-refractivity contribution is -0.0929. The van der Waals surface area contributed by atoms with Gasteiger partial charge in [-0.2, -0.15) is 8.78 Å². The minimum absolute atomic E-state index is 0.0605. The van der Waals surface area contributed by atoms with Crippen LogP contribution in [-0.4, -0.2) is 69.2 Å². The van der Waals surface area contributed by atoms with Crippen LogP contribution in [-0.2, 0) is 10.5 Å². The van der Waals surface area contributed by atoms with Crippen LogP contribution < -0.4 is 0 Å². The molecule has 1 heterocycles. The number of halogens is 2. The molecule has 0 radical (unpaired) electrons. The molecule has 3 rings (SSSR count). The van der Waals surface area contributed by atoms with E-state index in [1.165, 1.54) is 35.2 Å². The molecule has 10 heteroatoms. The van der Waals surface area contributed by atoms with Crippen molar-refractivity contribution < 1.29 is 33.0 Å². The highest BCUT2D eigenvalue weighted by Crippen LogP contribution is 2.55. The standard InChI is InChI=1S/C22H31F2N2O5P/c1-25-16-18(8-9-19(27)22(23,24)17-6-3-2-4-7-17)26(20(25)28)14-5-10-21(11-12-21)13-15-32(29,30)31/h2-4,6-9,18-19,27H,5,10-16H2,1H3,(H2,29,30,31)/b9-8+/t18-,19?/m0/s1. The Morgan fingerprint density at radius 2 is 1.91 bits per heavy atom. The smallest absolute Gasteiger partial charge is 0.325 e. The van der Waals surface area contributed by atoms with E-state index in [0.29, 0.717) is 25.9 Å². The normalized spacial score (nSPS) is 22.1. The van der Waals surface area contributed by atoms with Gasteiger partial charge in [0.15, 0.2) is 0 Å². The van der Waals surface area contributed by atoms with E-state index in [2.05, 4.69) is 0 Å². The first-order valence-electron chi connectivity index (χ1n) is 10.8. The van der Waals surface area contributed by atoms with Gasteiger partial charge >= 0.3 is 19.5 Å². The minimum atomic E-state index is -4.02. The van der Waals surface area contributed by atoms with Gasteiger partial charge in [0.05, 0.1) is 12.2 Å². The number of nitrogens with zero attached hydrogens (tertiary/aromatic N) is 2. The van der Waals surface area contributed by atoms with Gasteiger partial charge in [0, 0.05) is 25.7 Å². The summed E-state index contributed by atoms with van der Waals surface area (Å²) in [6.07, 6.45) is 4.10. The fraction of sp³-hybridized carbons (Fsp3) is 0.591. The van der Waals surface area contributed by atoms with Crippen molar-refractivity contribution in [1.82, 2.24) is 9.80 Å². The fourth-order valence-corrected chi connectivity index (χ4v) is 5.00. The maximum absolute atomic E-state index is 14.5. The second-order valence-electron chi connectivity index (χ2n) is 8.98. The first-order chi connectivity index (χ1) is 14.9. The summed E-state index contributed by atoms with van der Waals surface area (Å²) in [5.41, 5.74) is -0.339. The Morgan fingerprint density at radius 3 is 2.50 bits per heavy atom. The molecule has 2 amide bonds. The van der Waals surface area contributed by atoms with Crippen molar-refractivity contribution in [2.75, 3.05) is 26.3 Å². The zero-order chi connectivity index (χ0) is 23.6. The van der Waals surface area contributed by atoms with Gasteiger partial charge in [-0.3, -0.25) is 4.57 Å². The summed E-state index contributed by atoms with van der Waals surface area (Å²) in [5, 5.41) is 10.1. The monoisotopic (exact) mass is 472 g/mol. The van der Waals surface area contributed by atoms with E-state index in [9.17, 15) is 23.2 Å². The molecular formula is C22H31F2N2O5P. The summed E-state index contributed by atoms with van der Waals surface area (Å²) >= 11 is 0. The summed E-state index contributed by atoms with van der Waals surface area (Å²) in [6, 6.07) is 6.48. The van der Waals surface area contributed by atoms with Gasteiger partial charge in [-0.05, 0) is 37.5 Å². The highest BCUT2D eigenvalue weighted by molar-refractivity contribution is 7.51. The number of carbonyl (C=O) groups is 1. The number of aliphatic hydroxyl groups excluding tert-OH is 1. The Bertz CT molecular complexity index is 872. The predicted octanol–water partition coefficient (Wildman–Crippen LogP) is 3.56. The third kappa shape index (κ3) is 6.16. The molecule has 178 valence electrons. The second kappa shape index (κ2) is 9.59. The van der Waals surface area contributed by atoms with Crippen LogP contribution in [0.4, 0.5) is 13.6 Å². The molecule has 7 nitrogen and oxygen atoms in total. The largest absolute Gasteiger partial charge is 0.382 e. The van der Waals surface area contributed by atoms with Crippen LogP contribution in [0.25, 0.3) is 0 Å². The van der Waals surface area contributed by atoms with E-state index in [1.54, 1.807) is 18.0 Å². The maximum atomic E-state index is 14.5. The minimum Gasteiger partial charge on any atom is -0.382 e. The Hall–Kier alpha value is -1.80. The lowest BCUT2D eigenvalue weighted by Crippen LogP contribution is -2.35. The number of benzene rings is 1. The molecule has 2 atom stereocenters. The van der Waals surface area contributed by atoms with Crippen LogP contribution >= 0.6 is 7.60 Å². The number of rotatable bonds is 11. The Labute approximate surface area is 186 Å². The molecule has 1 aromatic rings. The summed E-state index contributed by atoms with van der Waals surface area (Å²) in [5.74, 6) is -3.45. The molecule has 0 aromatic heterocycles. The molecule has 1 saturated carbocycles. The number of carbonyl (C=O) groups excluding carboxylic acids is 1. The quantitative estimate of drug-likeness (QED) is 0.338. The molecule has 1 aromatic carbocycles. The number of alkyl halides is 2. The van der Waals surface area contributed by atoms with E-state index >= 15 is 0 Å². The molecule has 0 bridgehead atoms. The lowest BCUT2D eigenvalue weighted by atomic mass is 9.97. The van der Waals surface area contributed by atoms with Crippen molar-refractivity contribution in [1.29, 1.82) is 0 Å². The molecule has 1 unspecified atom stereocenters. The van der Waals surface area contributed by atoms with Crippen LogP contribution in [0.2, 0.25) is 0 Å². The Morgan fingerprint density at radius 1 is 1.25 bits per heavy atom. The van der Waals surface area contributed by atoms with Crippen LogP contribution in [0.1, 0.15) is 37.7 Å². The van der Waals surface area contributed by atoms with Crippen LogP contribution in [0.3, 0.4) is 0 Å². The number of likely N-dealkylation sites (N-methyl/N-ethyl adjacent to an activating group) is 1. The average molecular weight is 472 g/mol. The van der Waals surface area contributed by atoms with Gasteiger partial charge in [-0.15, -0.1) is 0 Å². The van der Waals surface area contributed by atoms with Gasteiger partial charge in [0.1, 0.15) is 6.10 Å². The SMILES string of the molecule is CN1C[C@H](/C=C/C(O)C(F)(F)c2ccccc2)N(CCCC2(CCP(=O)(O)O)CC2)C1=O. The van der Waals surface area contributed by atoms with Crippen molar-refractivity contribution in [2.24, 2.45) is 5.41 Å². The topological polar surface area (TPSA) is 101 Å². The van der Waals surface area contributed by atoms with Crippen molar-refractivity contribution in [3.63, 3.8) is 0 Å². The molecular weight excluding hydrogens is 441 g/mol. The second-order valence-corrected chi connectivity index (χ2v) is 10.8. The highest BCUT2D eigenvalue weighted by atomic mass is 31.2. The molecule has 3 N–H and O–H groups in total. The van der Waals surface area contributed by atoms with Gasteiger partial charge in [-0.1, -0.05) is 42.5 Å². The number of hydrogen-bond acceptors (Lipinski definition) is 3. The zero-order valence-electron chi connectivity index (χ0n) is 18.1. The summed E-state index contributed by atoms with van der Waals surface area (Å²) in [7, 11) is -2.38. The van der Waals surface area contributed by atoms with Gasteiger partial charge in [0.2, 0.25) is 0 Å². The number of amides is 2. The first kappa shape index (κ1) is 24.8. The molecule has 0 spiro atoms. The number of hydrogen-bond donors (Lipinski definition) is 3. The zero-order valence-corrected chi connectivity index (χ0v) is 19.0. The van der Waals surface area contributed by atoms with E-state index < -0.39 is 25.7 Å². The third-order valence-corrected chi connectivity index (χ3v) is 7.28. The molecule has 1 aliphatic carbocycles.